The molecule has 0 atom stereocenters. The molecule has 0 aromatic carbocycles. The molecule has 6 heteroatoms. The van der Waals surface area contributed by atoms with Crippen LogP contribution in [0.5, 0.6) is 0 Å². The molecule has 0 aromatic heterocycles. The normalized spacial score (nSPS) is 7.50. The number of aliphatic hydroxyl groups excluding tert-OH is 4. The second kappa shape index (κ2) is 76.5. The fourth-order valence-electron chi connectivity index (χ4n) is 0.316. The van der Waals surface area contributed by atoms with Gasteiger partial charge in [-0.2, -0.15) is 12.8 Å². The van der Waals surface area contributed by atoms with Crippen molar-refractivity contribution in [1.29, 1.82) is 0 Å². The fraction of sp³-hybridized carbons (Fsp3) is 0.889. The summed E-state index contributed by atoms with van der Waals surface area (Å²) in [6.07, 6.45) is 8.63. The van der Waals surface area contributed by atoms with Crippen molar-refractivity contribution in [3.8, 4) is 0 Å². The van der Waals surface area contributed by atoms with Gasteiger partial charge >= 0.3 is 23.7 Å². The van der Waals surface area contributed by atoms with Gasteiger partial charge in [0.2, 0.25) is 0 Å². The maximum atomic E-state index is 8.25. The molecule has 0 saturated heterocycles. The molecular formula is C18H44O5Ti. The molecule has 0 bridgehead atoms. The van der Waals surface area contributed by atoms with Crippen LogP contribution in [0.25, 0.3) is 0 Å². The van der Waals surface area contributed by atoms with Gasteiger partial charge in [-0.05, 0) is 12.8 Å². The van der Waals surface area contributed by atoms with Gasteiger partial charge < -0.3 is 34.3 Å². The van der Waals surface area contributed by atoms with Crippen LogP contribution in [0.3, 0.4) is 0 Å². The third kappa shape index (κ3) is 188. The van der Waals surface area contributed by atoms with Crippen LogP contribution in [0.15, 0.2) is 0 Å². The predicted molar refractivity (Wildman–Crippen MR) is 99.4 cm³/mol. The van der Waals surface area contributed by atoms with Crippen LogP contribution in [0.1, 0.15) is 79.1 Å². The topological polar surface area (TPSA) is 98.0 Å². The molecule has 0 spiro atoms. The predicted octanol–water partition coefficient (Wildman–Crippen LogP) is 3.65. The Morgan fingerprint density at radius 1 is 0.583 bits per heavy atom. The molecule has 150 valence electrons. The van der Waals surface area contributed by atoms with E-state index >= 15 is 0 Å². The van der Waals surface area contributed by atoms with E-state index < -0.39 is 0 Å². The van der Waals surface area contributed by atoms with Gasteiger partial charge in [-0.15, -0.1) is 0 Å². The van der Waals surface area contributed by atoms with E-state index in [4.69, 9.17) is 23.8 Å². The van der Waals surface area contributed by atoms with Crippen LogP contribution >= 0.6 is 0 Å². The first-order valence-electron chi connectivity index (χ1n) is 8.80. The molecular weight excluding hydrogens is 344 g/mol. The Kier molecular flexibility index (Phi) is 126. The summed E-state index contributed by atoms with van der Waals surface area (Å²) in [6.45, 7) is 16.0. The van der Waals surface area contributed by atoms with Crippen molar-refractivity contribution < 1.29 is 44.2 Å². The zero-order valence-corrected chi connectivity index (χ0v) is 18.2. The second-order valence-corrected chi connectivity index (χ2v) is 4.31. The van der Waals surface area contributed by atoms with Crippen molar-refractivity contribution in [2.75, 3.05) is 26.4 Å². The molecule has 0 aliphatic heterocycles. The average molecular weight is 388 g/mol. The van der Waals surface area contributed by atoms with Crippen LogP contribution in [0.2, 0.25) is 0 Å². The van der Waals surface area contributed by atoms with E-state index in [9.17, 15) is 0 Å². The third-order valence-corrected chi connectivity index (χ3v) is 1.83. The zero-order chi connectivity index (χ0) is 20.5. The molecule has 5 nitrogen and oxygen atoms in total. The van der Waals surface area contributed by atoms with Crippen LogP contribution < -0.4 is 0 Å². The number of aliphatic hydroxyl groups is 4. The molecule has 0 fully saturated rings. The van der Waals surface area contributed by atoms with E-state index in [0.29, 0.717) is 13.2 Å². The molecule has 0 radical (unpaired) electrons. The van der Waals surface area contributed by atoms with Gasteiger partial charge in [0.1, 0.15) is 0 Å². The summed E-state index contributed by atoms with van der Waals surface area (Å²) in [5.41, 5.74) is 0. The molecule has 0 aliphatic rings. The van der Waals surface area contributed by atoms with Gasteiger partial charge in [0.05, 0.1) is 13.2 Å². The first-order valence-corrected chi connectivity index (χ1v) is 9.43. The van der Waals surface area contributed by atoms with Gasteiger partial charge in [0.25, 0.3) is 0 Å². The standard InChI is InChI=1S/2C4H10O.2C4H9.C2H6O2.O.Ti/c2*1-2-3-4-5;2*1-3-4-2;3-1-2-4;;/h2*5H,2-4H2,1H3;2*1,3-4H2,2H3;3-4H,1-2H2;;/q;;2*-1;;;+2. The van der Waals surface area contributed by atoms with Crippen molar-refractivity contribution in [3.63, 3.8) is 0 Å². The minimum atomic E-state index is -0.125. The monoisotopic (exact) mass is 388 g/mol. The molecule has 0 aromatic rings. The Labute approximate surface area is 163 Å². The Morgan fingerprint density at radius 3 is 0.792 bits per heavy atom. The molecule has 0 amide bonds. The van der Waals surface area contributed by atoms with Crippen molar-refractivity contribution in [2.45, 2.75) is 79.1 Å². The summed E-state index contributed by atoms with van der Waals surface area (Å²) in [5, 5.41) is 31.4. The van der Waals surface area contributed by atoms with Gasteiger partial charge in [-0.1, -0.05) is 53.4 Å². The number of rotatable bonds is 7. The summed E-state index contributed by atoms with van der Waals surface area (Å²) >= 11 is 0.750. The van der Waals surface area contributed by atoms with E-state index in [1.165, 1.54) is 12.8 Å². The Bertz CT molecular complexity index is 94.1. The van der Waals surface area contributed by atoms with Gasteiger partial charge in [0.15, 0.2) is 0 Å². The van der Waals surface area contributed by atoms with E-state index in [1.807, 2.05) is 0 Å². The quantitative estimate of drug-likeness (QED) is 0.394. The van der Waals surface area contributed by atoms with Crippen molar-refractivity contribution in [1.82, 2.24) is 0 Å². The average Bonchev–Trinajstić information content (AvgIpc) is 2.65. The van der Waals surface area contributed by atoms with E-state index in [-0.39, 0.29) is 13.2 Å². The SMILES string of the molecule is CCCCO.CCCCO.OCCO.[CH2-]CCC.[CH2-]CCC.[O]=[Ti+2]. The van der Waals surface area contributed by atoms with Crippen molar-refractivity contribution >= 4 is 0 Å². The summed E-state index contributed by atoms with van der Waals surface area (Å²) in [6, 6.07) is 0. The van der Waals surface area contributed by atoms with Gasteiger partial charge in [-0.3, -0.25) is 0 Å². The third-order valence-electron chi connectivity index (χ3n) is 1.83. The second-order valence-electron chi connectivity index (χ2n) is 4.31. The zero-order valence-electron chi connectivity index (χ0n) is 16.6. The number of hydrogen-bond donors (Lipinski definition) is 4. The first-order chi connectivity index (χ1) is 11.6. The summed E-state index contributed by atoms with van der Waals surface area (Å²) < 4.78 is 8.25. The number of hydrogen-bond acceptors (Lipinski definition) is 5. The van der Waals surface area contributed by atoms with Crippen molar-refractivity contribution in [3.05, 3.63) is 13.8 Å². The van der Waals surface area contributed by atoms with Crippen LogP contribution in [-0.2, 0) is 23.7 Å². The molecule has 0 heterocycles. The minimum absolute atomic E-state index is 0.125. The van der Waals surface area contributed by atoms with E-state index in [1.54, 1.807) is 0 Å². The summed E-state index contributed by atoms with van der Waals surface area (Å²) in [5.74, 6) is 0. The van der Waals surface area contributed by atoms with Crippen LogP contribution in [-0.4, -0.2) is 46.9 Å². The Balaban J connectivity index is -0.0000000412. The van der Waals surface area contributed by atoms with Gasteiger partial charge in [-0.25, -0.2) is 0 Å². The molecule has 4 N–H and O–H groups in total. The van der Waals surface area contributed by atoms with E-state index in [2.05, 4.69) is 41.5 Å². The first kappa shape index (κ1) is 39.4. The van der Waals surface area contributed by atoms with E-state index in [0.717, 1.165) is 58.9 Å². The van der Waals surface area contributed by atoms with Crippen molar-refractivity contribution in [2.24, 2.45) is 0 Å². The maximum absolute atomic E-state index is 8.25. The summed E-state index contributed by atoms with van der Waals surface area (Å²) in [4.78, 5) is 0. The molecule has 24 heavy (non-hydrogen) atoms. The Morgan fingerprint density at radius 2 is 0.792 bits per heavy atom. The molecule has 0 aliphatic carbocycles. The molecule has 0 rings (SSSR count). The number of unbranched alkanes of at least 4 members (excludes halogenated alkanes) is 4. The molecule has 0 saturated carbocycles. The molecule has 0 unspecified atom stereocenters. The van der Waals surface area contributed by atoms with Gasteiger partial charge in [0, 0.05) is 13.2 Å². The van der Waals surface area contributed by atoms with Crippen LogP contribution in [0.4, 0.5) is 0 Å². The summed E-state index contributed by atoms with van der Waals surface area (Å²) in [7, 11) is 0. The fourth-order valence-corrected chi connectivity index (χ4v) is 0.316. The Hall–Kier alpha value is 0.354. The van der Waals surface area contributed by atoms with Crippen LogP contribution in [0, 0.1) is 13.8 Å².